The van der Waals surface area contributed by atoms with Crippen LogP contribution in [-0.2, 0) is 10.0 Å². The molecule has 1 saturated heterocycles. The molecule has 2 heterocycles. The molecule has 6 nitrogen and oxygen atoms in total. The first-order valence-corrected chi connectivity index (χ1v) is 10.5. The Morgan fingerprint density at radius 3 is 2.25 bits per heavy atom. The molecule has 1 fully saturated rings. The molecule has 1 aliphatic heterocycles. The van der Waals surface area contributed by atoms with E-state index in [1.807, 2.05) is 0 Å². The third-order valence-corrected chi connectivity index (χ3v) is 6.78. The van der Waals surface area contributed by atoms with Gasteiger partial charge in [-0.2, -0.15) is 17.5 Å². The fourth-order valence-electron chi connectivity index (χ4n) is 2.79. The number of amides is 1. The molecule has 0 saturated carbocycles. The van der Waals surface area contributed by atoms with E-state index in [0.717, 1.165) is 0 Å². The molecule has 3 rings (SSSR count). The van der Waals surface area contributed by atoms with Gasteiger partial charge in [-0.3, -0.25) is 4.79 Å². The molecule has 1 aromatic heterocycles. The lowest BCUT2D eigenvalue weighted by atomic mass is 10.2. The lowest BCUT2D eigenvalue weighted by molar-refractivity contribution is -0.0329. The highest BCUT2D eigenvalue weighted by Gasteiger charge is 2.35. The largest absolute Gasteiger partial charge is 0.447 e. The van der Waals surface area contributed by atoms with Crippen LogP contribution in [0.4, 0.5) is 13.2 Å². The smallest absolute Gasteiger partial charge is 0.336 e. The van der Waals surface area contributed by atoms with Gasteiger partial charge in [0.1, 0.15) is 5.03 Å². The SMILES string of the molecule is O=C(c1cccnc1SC(F)(F)F)N1CCN(S(=O)(=O)c2ccccc2)CC1. The molecule has 11 heteroatoms. The first-order valence-electron chi connectivity index (χ1n) is 8.24. The van der Waals surface area contributed by atoms with Crippen LogP contribution in [0.25, 0.3) is 0 Å². The summed E-state index contributed by atoms with van der Waals surface area (Å²) < 4.78 is 64.6. The summed E-state index contributed by atoms with van der Waals surface area (Å²) in [4.78, 5) is 17.8. The molecule has 28 heavy (non-hydrogen) atoms. The van der Waals surface area contributed by atoms with Gasteiger partial charge in [0.25, 0.3) is 5.91 Å². The summed E-state index contributed by atoms with van der Waals surface area (Å²) in [7, 11) is -3.68. The van der Waals surface area contributed by atoms with Gasteiger partial charge in [-0.1, -0.05) is 18.2 Å². The number of halogens is 3. The quantitative estimate of drug-likeness (QED) is 0.697. The normalized spacial score (nSPS) is 16.2. The average molecular weight is 431 g/mol. The van der Waals surface area contributed by atoms with Crippen molar-refractivity contribution in [1.82, 2.24) is 14.2 Å². The van der Waals surface area contributed by atoms with Crippen molar-refractivity contribution in [3.8, 4) is 0 Å². The Balaban J connectivity index is 1.71. The Morgan fingerprint density at radius 1 is 1.00 bits per heavy atom. The molecule has 0 atom stereocenters. The van der Waals surface area contributed by atoms with Crippen LogP contribution in [0.15, 0.2) is 58.6 Å². The van der Waals surface area contributed by atoms with Crippen molar-refractivity contribution in [2.75, 3.05) is 26.2 Å². The number of benzene rings is 1. The lowest BCUT2D eigenvalue weighted by Gasteiger charge is -2.34. The van der Waals surface area contributed by atoms with Gasteiger partial charge in [-0.15, -0.1) is 0 Å². The minimum atomic E-state index is -4.56. The number of pyridine rings is 1. The monoisotopic (exact) mass is 431 g/mol. The van der Waals surface area contributed by atoms with Gasteiger partial charge in [0.05, 0.1) is 10.5 Å². The summed E-state index contributed by atoms with van der Waals surface area (Å²) in [5.74, 6) is -0.600. The predicted molar refractivity (Wildman–Crippen MR) is 97.3 cm³/mol. The summed E-state index contributed by atoms with van der Waals surface area (Å²) in [5.41, 5.74) is -4.71. The molecule has 2 aromatic rings. The molecule has 0 bridgehead atoms. The maximum Gasteiger partial charge on any atom is 0.447 e. The van der Waals surface area contributed by atoms with E-state index in [-0.39, 0.29) is 36.6 Å². The molecule has 0 radical (unpaired) electrons. The van der Waals surface area contributed by atoms with Crippen LogP contribution < -0.4 is 0 Å². The standard InChI is InChI=1S/C17H16F3N3O3S2/c18-17(19,20)27-15-14(7-4-8-21-15)16(24)22-9-11-23(12-10-22)28(25,26)13-5-2-1-3-6-13/h1-8H,9-12H2. The molecule has 150 valence electrons. The third kappa shape index (κ3) is 4.65. The van der Waals surface area contributed by atoms with E-state index in [1.54, 1.807) is 18.2 Å². The van der Waals surface area contributed by atoms with Crippen molar-refractivity contribution in [1.29, 1.82) is 0 Å². The zero-order valence-corrected chi connectivity index (χ0v) is 16.1. The number of hydrogen-bond acceptors (Lipinski definition) is 5. The fraction of sp³-hybridized carbons (Fsp3) is 0.294. The highest BCUT2D eigenvalue weighted by atomic mass is 32.2. The second-order valence-electron chi connectivity index (χ2n) is 5.91. The number of carbonyl (C=O) groups is 1. The second-order valence-corrected chi connectivity index (χ2v) is 8.90. The van der Waals surface area contributed by atoms with Crippen molar-refractivity contribution in [2.24, 2.45) is 0 Å². The van der Waals surface area contributed by atoms with Crippen molar-refractivity contribution < 1.29 is 26.4 Å². The molecule has 0 spiro atoms. The van der Waals surface area contributed by atoms with E-state index in [4.69, 9.17) is 0 Å². The number of thioether (sulfide) groups is 1. The summed E-state index contributed by atoms with van der Waals surface area (Å²) in [5, 5.41) is -0.417. The molecule has 1 amide bonds. The van der Waals surface area contributed by atoms with Crippen LogP contribution in [-0.4, -0.2) is 60.2 Å². The topological polar surface area (TPSA) is 70.6 Å². The number of carbonyl (C=O) groups excluding carboxylic acids is 1. The maximum atomic E-state index is 12.7. The van der Waals surface area contributed by atoms with Crippen LogP contribution in [0, 0.1) is 0 Å². The van der Waals surface area contributed by atoms with Gasteiger partial charge in [-0.05, 0) is 24.3 Å². The maximum absolute atomic E-state index is 12.7. The zero-order valence-electron chi connectivity index (χ0n) is 14.5. The minimum absolute atomic E-state index is 0.0605. The highest BCUT2D eigenvalue weighted by Crippen LogP contribution is 2.37. The van der Waals surface area contributed by atoms with E-state index in [2.05, 4.69) is 4.98 Å². The van der Waals surface area contributed by atoms with E-state index in [1.165, 1.54) is 39.7 Å². The van der Waals surface area contributed by atoms with Crippen molar-refractivity contribution in [3.63, 3.8) is 0 Å². The molecular weight excluding hydrogens is 415 g/mol. The Hall–Kier alpha value is -2.11. The van der Waals surface area contributed by atoms with E-state index < -0.39 is 38.2 Å². The summed E-state index contributed by atoms with van der Waals surface area (Å²) >= 11 is -0.443. The molecule has 1 aromatic carbocycles. The van der Waals surface area contributed by atoms with Gasteiger partial charge in [0.2, 0.25) is 10.0 Å². The van der Waals surface area contributed by atoms with Crippen molar-refractivity contribution >= 4 is 27.7 Å². The predicted octanol–water partition coefficient (Wildman–Crippen LogP) is 2.84. The van der Waals surface area contributed by atoms with Crippen LogP contribution in [0.1, 0.15) is 10.4 Å². The van der Waals surface area contributed by atoms with E-state index in [0.29, 0.717) is 0 Å². The first-order chi connectivity index (χ1) is 13.2. The average Bonchev–Trinajstić information content (AvgIpc) is 2.67. The van der Waals surface area contributed by atoms with Crippen LogP contribution in [0.2, 0.25) is 0 Å². The first kappa shape index (κ1) is 20.6. The van der Waals surface area contributed by atoms with Gasteiger partial charge in [0, 0.05) is 44.1 Å². The van der Waals surface area contributed by atoms with Gasteiger partial charge in [0.15, 0.2) is 0 Å². The Morgan fingerprint density at radius 2 is 1.64 bits per heavy atom. The highest BCUT2D eigenvalue weighted by molar-refractivity contribution is 8.00. The molecule has 1 aliphatic rings. The van der Waals surface area contributed by atoms with E-state index >= 15 is 0 Å². The third-order valence-electron chi connectivity index (χ3n) is 4.12. The van der Waals surface area contributed by atoms with Gasteiger partial charge in [-0.25, -0.2) is 13.4 Å². The Labute approximate surface area is 164 Å². The fourth-order valence-corrected chi connectivity index (χ4v) is 4.83. The molecule has 0 aliphatic carbocycles. The summed E-state index contributed by atoms with van der Waals surface area (Å²) in [6, 6.07) is 10.6. The molecule has 0 N–H and O–H groups in total. The summed E-state index contributed by atoms with van der Waals surface area (Å²) in [6.07, 6.45) is 1.19. The molecule has 0 unspecified atom stereocenters. The van der Waals surface area contributed by atoms with Gasteiger partial charge < -0.3 is 4.90 Å². The van der Waals surface area contributed by atoms with E-state index in [9.17, 15) is 26.4 Å². The number of piperazine rings is 1. The zero-order chi connectivity index (χ0) is 20.4. The number of nitrogens with zero attached hydrogens (tertiary/aromatic N) is 3. The van der Waals surface area contributed by atoms with Crippen LogP contribution >= 0.6 is 11.8 Å². The Bertz CT molecular complexity index is 945. The number of aromatic nitrogens is 1. The Kier molecular flexibility index (Phi) is 5.96. The van der Waals surface area contributed by atoms with Gasteiger partial charge >= 0.3 is 5.51 Å². The number of sulfonamides is 1. The number of alkyl halides is 3. The number of rotatable bonds is 4. The van der Waals surface area contributed by atoms with Crippen molar-refractivity contribution in [3.05, 3.63) is 54.2 Å². The molecular formula is C17H16F3N3O3S2. The number of hydrogen-bond donors (Lipinski definition) is 0. The van der Waals surface area contributed by atoms with Crippen molar-refractivity contribution in [2.45, 2.75) is 15.4 Å². The second kappa shape index (κ2) is 8.10. The lowest BCUT2D eigenvalue weighted by Crippen LogP contribution is -2.50. The summed E-state index contributed by atoms with van der Waals surface area (Å²) in [6.45, 7) is 0.280. The minimum Gasteiger partial charge on any atom is -0.336 e. The van der Waals surface area contributed by atoms with Crippen LogP contribution in [0.3, 0.4) is 0 Å². The van der Waals surface area contributed by atoms with Crippen LogP contribution in [0.5, 0.6) is 0 Å².